The van der Waals surface area contributed by atoms with Gasteiger partial charge in [-0.25, -0.2) is 43.0 Å². The van der Waals surface area contributed by atoms with Gasteiger partial charge in [-0.3, -0.25) is 56.5 Å². The van der Waals surface area contributed by atoms with Crippen molar-refractivity contribution in [1.82, 2.24) is 62.1 Å². The van der Waals surface area contributed by atoms with Crippen LogP contribution in [-0.4, -0.2) is 227 Å². The minimum Gasteiger partial charge on any atom is -0.480 e. The molecular formula is C53H76N13O28P3S2. The Morgan fingerprint density at radius 1 is 0.798 bits per heavy atom. The maximum atomic E-state index is 13.8. The zero-order valence-corrected chi connectivity index (χ0v) is 57.5. The first-order chi connectivity index (χ1) is 46.2. The number of ether oxygens (including phenoxy) is 1. The summed E-state index contributed by atoms with van der Waals surface area (Å²) in [6.07, 6.45) is -9.31. The third-order valence-corrected chi connectivity index (χ3v) is 19.7. The Labute approximate surface area is 570 Å². The lowest BCUT2D eigenvalue weighted by Gasteiger charge is -2.32. The third kappa shape index (κ3) is 25.8. The zero-order valence-electron chi connectivity index (χ0n) is 53.2. The predicted octanol–water partition coefficient (Wildman–Crippen LogP) is -2.88. The number of carbonyl (C=O) groups excluding carboxylic acids is 8. The number of hydrogen-bond acceptors (Lipinski definition) is 28. The van der Waals surface area contributed by atoms with Crippen LogP contribution in [0, 0.1) is 5.41 Å². The van der Waals surface area contributed by atoms with Crippen LogP contribution in [0.15, 0.2) is 54.3 Å². The van der Waals surface area contributed by atoms with Crippen molar-refractivity contribution >= 4 is 128 Å². The summed E-state index contributed by atoms with van der Waals surface area (Å²) in [6, 6.07) is 1.18. The average Bonchev–Trinajstić information content (AvgIpc) is 1.62. The Bertz CT molecular complexity index is 3650. The van der Waals surface area contributed by atoms with Crippen LogP contribution in [0.3, 0.4) is 0 Å². The normalized spacial score (nSPS) is 20.2. The van der Waals surface area contributed by atoms with E-state index in [1.165, 1.54) is 27.7 Å². The van der Waals surface area contributed by atoms with Crippen LogP contribution in [0.1, 0.15) is 78.5 Å². The quantitative estimate of drug-likeness (QED) is 0.0202. The highest BCUT2D eigenvalue weighted by Crippen LogP contribution is 2.61. The van der Waals surface area contributed by atoms with Crippen molar-refractivity contribution < 1.29 is 134 Å². The maximum absolute atomic E-state index is 13.8. The molecule has 2 aliphatic heterocycles. The van der Waals surface area contributed by atoms with E-state index in [1.807, 2.05) is 0 Å². The molecule has 0 bridgehead atoms. The minimum atomic E-state index is -5.69. The Morgan fingerprint density at radius 3 is 2.10 bits per heavy atom. The number of thioether (sulfide) groups is 2. The van der Waals surface area contributed by atoms with Gasteiger partial charge in [0.15, 0.2) is 23.7 Å². The lowest BCUT2D eigenvalue weighted by molar-refractivity contribution is -0.142. The fraction of sp³-hybridized carbons (Fsp3) is 0.547. The lowest BCUT2D eigenvalue weighted by Crippen LogP contribution is -2.55. The number of benzene rings is 1. The SMILES string of the molecule is CC(=O)NC(CCC(=O)NC(CCC1=C(C(=O)O)NC(C(NC(=O)Cc2ccccc2)C(=O)O)SC1)C(=O)NC(C)C(=O)NC(C)C(=O)SCCNC(=O)CCNC(=O)C(O)C(C)(C)COP(=O)(O)OP(=O)(O)OCC1OC(n2cnc3c(N)ncnc32)C(O)C1OP(=O)(O)O)C(=O)O. The van der Waals surface area contributed by atoms with Gasteiger partial charge in [0, 0.05) is 49.8 Å². The molecule has 3 aromatic rings. The molecule has 41 nitrogen and oxygen atoms in total. The van der Waals surface area contributed by atoms with Gasteiger partial charge < -0.3 is 98.1 Å². The highest BCUT2D eigenvalue weighted by Gasteiger charge is 2.51. The van der Waals surface area contributed by atoms with E-state index in [-0.39, 0.29) is 72.8 Å². The van der Waals surface area contributed by atoms with E-state index in [9.17, 15) is 112 Å². The lowest BCUT2D eigenvalue weighted by atomic mass is 9.87. The Morgan fingerprint density at radius 2 is 1.46 bits per heavy atom. The Kier molecular flexibility index (Phi) is 30.4. The van der Waals surface area contributed by atoms with Gasteiger partial charge in [0.1, 0.15) is 65.5 Å². The van der Waals surface area contributed by atoms with E-state index in [0.717, 1.165) is 35.9 Å². The number of nitrogens with zero attached hydrogens (tertiary/aromatic N) is 4. The predicted molar refractivity (Wildman–Crippen MR) is 342 cm³/mol. The standard InChI is InChI=1S/C53H76N13O28P3S2/c1-25(60-45(74)30(63-34(69)14-13-31(49(76)77)62-27(3)67)12-11-29-21-99-47(65-36(29)50(78)79)38(51(80)81)64-35(70)19-28-9-7-6-8-10-28)44(73)61-26(2)52(82)98-18-17-55-33(68)15-16-56-46(75)41(72)53(4,5)22-91-97(88,89)94-96(86,87)90-20-32-40(93-95(83,84)85)39(71)48(92-32)66-24-59-37-42(54)57-23-58-43(37)66/h6-10,23-26,30-32,38-41,47-48,65,71-72H,11-22H2,1-5H3,(H,55,68)(H,56,75)(H,60,74)(H,61,73)(H,62,67)(H,63,69)(H,64,70)(H,76,77)(H,78,79)(H,80,81)(H,86,87)(H,88,89)(H2,54,57,58)(H2,83,84,85). The first kappa shape index (κ1) is 82.1. The summed E-state index contributed by atoms with van der Waals surface area (Å²) < 4.78 is 62.7. The highest BCUT2D eigenvalue weighted by molar-refractivity contribution is 8.13. The third-order valence-electron chi connectivity index (χ3n) is 14.3. The van der Waals surface area contributed by atoms with Crippen molar-refractivity contribution in [3.05, 3.63) is 59.8 Å². The maximum Gasteiger partial charge on any atom is 0.481 e. The minimum absolute atomic E-state index is 0.0160. The summed E-state index contributed by atoms with van der Waals surface area (Å²) in [5.74, 6) is -10.6. The van der Waals surface area contributed by atoms with Gasteiger partial charge >= 0.3 is 41.4 Å². The number of aromatic nitrogens is 4. The number of phosphoric acid groups is 3. The molecule has 5 rings (SSSR count). The Balaban J connectivity index is 1.05. The molecule has 0 saturated carbocycles. The number of aliphatic hydroxyl groups excluding tert-OH is 2. The fourth-order valence-electron chi connectivity index (χ4n) is 9.23. The molecule has 7 amide bonds. The van der Waals surface area contributed by atoms with Gasteiger partial charge in [0.05, 0.1) is 32.0 Å². The van der Waals surface area contributed by atoms with Gasteiger partial charge in [0.25, 0.3) is 0 Å². The largest absolute Gasteiger partial charge is 0.481 e. The summed E-state index contributed by atoms with van der Waals surface area (Å²) in [5, 5.41) is 69.0. The molecule has 2 aromatic heterocycles. The van der Waals surface area contributed by atoms with Crippen LogP contribution >= 0.6 is 47.0 Å². The van der Waals surface area contributed by atoms with Crippen LogP contribution in [-0.2, 0) is 95.5 Å². The number of amides is 7. The summed E-state index contributed by atoms with van der Waals surface area (Å²) in [6.45, 7) is 3.26. The first-order valence-corrected chi connectivity index (χ1v) is 36.1. The Hall–Kier alpha value is -7.57. The topological polar surface area (TPSA) is 633 Å². The van der Waals surface area contributed by atoms with Crippen molar-refractivity contribution in [1.29, 1.82) is 0 Å². The molecule has 0 spiro atoms. The number of anilines is 1. The molecule has 13 unspecified atom stereocenters. The van der Waals surface area contributed by atoms with Crippen molar-refractivity contribution in [3.8, 4) is 0 Å². The number of carboxylic acids is 3. The molecular weight excluding hydrogens is 1420 g/mol. The van der Waals surface area contributed by atoms with Crippen molar-refractivity contribution in [2.24, 2.45) is 5.41 Å². The van der Waals surface area contributed by atoms with Crippen molar-refractivity contribution in [2.75, 3.05) is 43.5 Å². The number of phosphoric ester groups is 3. The first-order valence-electron chi connectivity index (χ1n) is 29.5. The molecule has 0 aliphatic carbocycles. The zero-order chi connectivity index (χ0) is 73.9. The molecule has 1 saturated heterocycles. The van der Waals surface area contributed by atoms with Gasteiger partial charge in [-0.15, -0.1) is 11.8 Å². The van der Waals surface area contributed by atoms with Gasteiger partial charge in [0.2, 0.25) is 46.5 Å². The summed E-state index contributed by atoms with van der Waals surface area (Å²) in [5.41, 5.74) is 4.35. The van der Waals surface area contributed by atoms with E-state index >= 15 is 0 Å². The van der Waals surface area contributed by atoms with Crippen LogP contribution < -0.4 is 48.3 Å². The number of carboxylic acid groups (broad SMARTS) is 3. The number of rotatable bonds is 39. The number of aliphatic hydroxyl groups is 2. The second-order valence-electron chi connectivity index (χ2n) is 22.7. The number of carbonyl (C=O) groups is 11. The molecule has 548 valence electrons. The van der Waals surface area contributed by atoms with Gasteiger partial charge in [-0.2, -0.15) is 4.31 Å². The van der Waals surface area contributed by atoms with Crippen LogP contribution in [0.4, 0.5) is 5.82 Å². The fourth-order valence-corrected chi connectivity index (χ4v) is 14.0. The number of nitrogen functional groups attached to an aromatic ring is 1. The molecule has 1 aromatic carbocycles. The van der Waals surface area contributed by atoms with Crippen LogP contribution in [0.25, 0.3) is 11.2 Å². The number of nitrogens with two attached hydrogens (primary N) is 1. The highest BCUT2D eigenvalue weighted by atomic mass is 32.2. The summed E-state index contributed by atoms with van der Waals surface area (Å²) >= 11 is 1.62. The molecule has 4 heterocycles. The number of nitrogens with one attached hydrogen (secondary N) is 8. The van der Waals surface area contributed by atoms with Crippen molar-refractivity contribution in [2.45, 2.75) is 139 Å². The molecule has 99 heavy (non-hydrogen) atoms. The molecule has 0 radical (unpaired) electrons. The number of hydrogen-bond donors (Lipinski definition) is 18. The molecule has 46 heteroatoms. The monoisotopic (exact) mass is 1500 g/mol. The average molecular weight is 1500 g/mol. The summed E-state index contributed by atoms with van der Waals surface area (Å²) in [4.78, 5) is 191. The van der Waals surface area contributed by atoms with E-state index in [4.69, 9.17) is 19.5 Å². The molecule has 1 fully saturated rings. The summed E-state index contributed by atoms with van der Waals surface area (Å²) in [7, 11) is -16.7. The van der Waals surface area contributed by atoms with E-state index in [1.54, 1.807) is 30.3 Å². The molecule has 19 N–H and O–H groups in total. The molecule has 2 aliphatic rings. The van der Waals surface area contributed by atoms with E-state index in [2.05, 4.69) is 66.3 Å². The second-order valence-corrected chi connectivity index (χ2v) is 29.2. The molecule has 13 atom stereocenters. The number of fused-ring (bicyclic) bond motifs is 1. The van der Waals surface area contributed by atoms with Gasteiger partial charge in [-0.05, 0) is 44.2 Å². The smallest absolute Gasteiger partial charge is 0.480 e. The van der Waals surface area contributed by atoms with Crippen LogP contribution in [0.5, 0.6) is 0 Å². The number of aliphatic carboxylic acids is 3. The van der Waals surface area contributed by atoms with Gasteiger partial charge in [-0.1, -0.05) is 55.9 Å². The van der Waals surface area contributed by atoms with Crippen LogP contribution in [0.2, 0.25) is 0 Å². The van der Waals surface area contributed by atoms with E-state index < -0.39 is 191 Å². The van der Waals surface area contributed by atoms with E-state index in [0.29, 0.717) is 17.3 Å². The second kappa shape index (κ2) is 36.7. The number of imidazole rings is 1. The van der Waals surface area contributed by atoms with Crippen molar-refractivity contribution in [3.63, 3.8) is 0 Å².